The van der Waals surface area contributed by atoms with E-state index in [1.807, 2.05) is 67.5 Å². The standard InChI is InChI=1S/C19H23ClN2O/c1-19(2,15-6-5-7-16(20)12-15)13-21-18(23)14-8-10-17(11-9-14)22(3)4/h5-12H,13H2,1-4H3,(H,21,23). The van der Waals surface area contributed by atoms with Crippen molar-refractivity contribution in [3.8, 4) is 0 Å². The van der Waals surface area contributed by atoms with Crippen LogP contribution in [-0.4, -0.2) is 26.5 Å². The van der Waals surface area contributed by atoms with Crippen LogP contribution >= 0.6 is 11.6 Å². The quantitative estimate of drug-likeness (QED) is 0.894. The maximum atomic E-state index is 12.3. The molecule has 0 aromatic heterocycles. The maximum absolute atomic E-state index is 12.3. The number of hydrogen-bond donors (Lipinski definition) is 1. The van der Waals surface area contributed by atoms with Crippen molar-refractivity contribution in [2.45, 2.75) is 19.3 Å². The van der Waals surface area contributed by atoms with E-state index in [0.29, 0.717) is 17.1 Å². The SMILES string of the molecule is CN(C)c1ccc(C(=O)NCC(C)(C)c2cccc(Cl)c2)cc1. The van der Waals surface area contributed by atoms with Crippen LogP contribution in [0.5, 0.6) is 0 Å². The molecule has 1 N–H and O–H groups in total. The number of hydrogen-bond acceptors (Lipinski definition) is 2. The van der Waals surface area contributed by atoms with E-state index in [-0.39, 0.29) is 11.3 Å². The minimum absolute atomic E-state index is 0.0644. The van der Waals surface area contributed by atoms with Crippen molar-refractivity contribution in [3.63, 3.8) is 0 Å². The number of nitrogens with one attached hydrogen (secondary N) is 1. The zero-order chi connectivity index (χ0) is 17.0. The smallest absolute Gasteiger partial charge is 0.251 e. The number of carbonyl (C=O) groups excluding carboxylic acids is 1. The fraction of sp³-hybridized carbons (Fsp3) is 0.316. The highest BCUT2D eigenvalue weighted by Crippen LogP contribution is 2.25. The molecule has 23 heavy (non-hydrogen) atoms. The number of amides is 1. The van der Waals surface area contributed by atoms with Gasteiger partial charge in [0.2, 0.25) is 0 Å². The Hall–Kier alpha value is -2.00. The molecule has 122 valence electrons. The molecule has 2 aromatic rings. The second kappa shape index (κ2) is 7.05. The first-order valence-electron chi connectivity index (χ1n) is 7.61. The Kier molecular flexibility index (Phi) is 5.32. The number of nitrogens with zero attached hydrogens (tertiary/aromatic N) is 1. The first-order valence-corrected chi connectivity index (χ1v) is 7.99. The Morgan fingerprint density at radius 3 is 2.35 bits per heavy atom. The minimum atomic E-state index is -0.190. The molecule has 0 heterocycles. The van der Waals surface area contributed by atoms with E-state index in [4.69, 9.17) is 11.6 Å². The summed E-state index contributed by atoms with van der Waals surface area (Å²) < 4.78 is 0. The van der Waals surface area contributed by atoms with Gasteiger partial charge in [-0.25, -0.2) is 0 Å². The molecule has 0 atom stereocenters. The molecular formula is C19H23ClN2O. The predicted octanol–water partition coefficient (Wildman–Crippen LogP) is 4.11. The average molecular weight is 331 g/mol. The molecule has 0 saturated carbocycles. The summed E-state index contributed by atoms with van der Waals surface area (Å²) in [6.07, 6.45) is 0. The van der Waals surface area contributed by atoms with E-state index in [9.17, 15) is 4.79 Å². The molecule has 3 nitrogen and oxygen atoms in total. The van der Waals surface area contributed by atoms with Crippen LogP contribution in [-0.2, 0) is 5.41 Å². The van der Waals surface area contributed by atoms with Crippen LogP contribution in [0.3, 0.4) is 0 Å². The summed E-state index contributed by atoms with van der Waals surface area (Å²) >= 11 is 6.06. The van der Waals surface area contributed by atoms with Gasteiger partial charge in [-0.15, -0.1) is 0 Å². The molecule has 0 unspecified atom stereocenters. The molecule has 0 radical (unpaired) electrons. The van der Waals surface area contributed by atoms with Gasteiger partial charge in [0.15, 0.2) is 0 Å². The van der Waals surface area contributed by atoms with Gasteiger partial charge < -0.3 is 10.2 Å². The summed E-state index contributed by atoms with van der Waals surface area (Å²) in [6, 6.07) is 15.3. The Balaban J connectivity index is 2.03. The van der Waals surface area contributed by atoms with Crippen molar-refractivity contribution in [2.24, 2.45) is 0 Å². The summed E-state index contributed by atoms with van der Waals surface area (Å²) in [5.74, 6) is -0.0644. The van der Waals surface area contributed by atoms with E-state index in [1.165, 1.54) is 0 Å². The molecule has 0 aliphatic rings. The molecule has 0 bridgehead atoms. The summed E-state index contributed by atoms with van der Waals surface area (Å²) in [5, 5.41) is 3.72. The van der Waals surface area contributed by atoms with Gasteiger partial charge in [-0.05, 0) is 42.0 Å². The van der Waals surface area contributed by atoms with Gasteiger partial charge in [0.1, 0.15) is 0 Å². The van der Waals surface area contributed by atoms with Crippen molar-refractivity contribution >= 4 is 23.2 Å². The van der Waals surface area contributed by atoms with Gasteiger partial charge in [-0.2, -0.15) is 0 Å². The van der Waals surface area contributed by atoms with Crippen LogP contribution in [0.15, 0.2) is 48.5 Å². The lowest BCUT2D eigenvalue weighted by Gasteiger charge is -2.26. The predicted molar refractivity (Wildman–Crippen MR) is 97.6 cm³/mol. The van der Waals surface area contributed by atoms with E-state index in [1.54, 1.807) is 0 Å². The molecule has 0 aliphatic heterocycles. The Bertz CT molecular complexity index is 678. The third-order valence-corrected chi connectivity index (χ3v) is 4.18. The summed E-state index contributed by atoms with van der Waals surface area (Å²) in [5.41, 5.74) is 2.65. The highest BCUT2D eigenvalue weighted by Gasteiger charge is 2.22. The first kappa shape index (κ1) is 17.4. The van der Waals surface area contributed by atoms with Crippen LogP contribution in [0, 0.1) is 0 Å². The topological polar surface area (TPSA) is 32.3 Å². The van der Waals surface area contributed by atoms with Crippen LogP contribution in [0.2, 0.25) is 5.02 Å². The molecule has 2 rings (SSSR count). The zero-order valence-corrected chi connectivity index (χ0v) is 14.8. The Labute approximate surface area is 143 Å². The molecule has 2 aromatic carbocycles. The van der Waals surface area contributed by atoms with Crippen molar-refractivity contribution < 1.29 is 4.79 Å². The van der Waals surface area contributed by atoms with Crippen molar-refractivity contribution in [1.29, 1.82) is 0 Å². The second-order valence-electron chi connectivity index (χ2n) is 6.52. The molecule has 0 fully saturated rings. The molecule has 0 aliphatic carbocycles. The fourth-order valence-corrected chi connectivity index (χ4v) is 2.52. The molecular weight excluding hydrogens is 308 g/mol. The van der Waals surface area contributed by atoms with Crippen LogP contribution in [0.4, 0.5) is 5.69 Å². The van der Waals surface area contributed by atoms with Gasteiger partial charge in [0, 0.05) is 42.3 Å². The summed E-state index contributed by atoms with van der Waals surface area (Å²) in [4.78, 5) is 14.3. The van der Waals surface area contributed by atoms with E-state index in [0.717, 1.165) is 11.3 Å². The Morgan fingerprint density at radius 1 is 1.13 bits per heavy atom. The highest BCUT2D eigenvalue weighted by atomic mass is 35.5. The lowest BCUT2D eigenvalue weighted by molar-refractivity contribution is 0.0945. The maximum Gasteiger partial charge on any atom is 0.251 e. The zero-order valence-electron chi connectivity index (χ0n) is 14.1. The number of anilines is 1. The normalized spacial score (nSPS) is 11.2. The number of halogens is 1. The average Bonchev–Trinajstić information content (AvgIpc) is 2.53. The minimum Gasteiger partial charge on any atom is -0.378 e. The number of benzene rings is 2. The molecule has 0 spiro atoms. The second-order valence-corrected chi connectivity index (χ2v) is 6.95. The lowest BCUT2D eigenvalue weighted by Crippen LogP contribution is -2.36. The van der Waals surface area contributed by atoms with E-state index >= 15 is 0 Å². The fourth-order valence-electron chi connectivity index (χ4n) is 2.33. The summed E-state index contributed by atoms with van der Waals surface area (Å²) in [7, 11) is 3.95. The Morgan fingerprint density at radius 2 is 1.78 bits per heavy atom. The monoisotopic (exact) mass is 330 g/mol. The largest absolute Gasteiger partial charge is 0.378 e. The van der Waals surface area contributed by atoms with Crippen molar-refractivity contribution in [2.75, 3.05) is 25.5 Å². The van der Waals surface area contributed by atoms with Gasteiger partial charge in [0.25, 0.3) is 5.91 Å². The third kappa shape index (κ3) is 4.49. The van der Waals surface area contributed by atoms with Gasteiger partial charge in [0.05, 0.1) is 0 Å². The highest BCUT2D eigenvalue weighted by molar-refractivity contribution is 6.30. The van der Waals surface area contributed by atoms with Gasteiger partial charge in [-0.1, -0.05) is 37.6 Å². The molecule has 0 saturated heterocycles. The number of rotatable bonds is 5. The van der Waals surface area contributed by atoms with Crippen LogP contribution in [0.25, 0.3) is 0 Å². The van der Waals surface area contributed by atoms with E-state index < -0.39 is 0 Å². The molecule has 4 heteroatoms. The third-order valence-electron chi connectivity index (χ3n) is 3.94. The van der Waals surface area contributed by atoms with Crippen molar-refractivity contribution in [1.82, 2.24) is 5.32 Å². The summed E-state index contributed by atoms with van der Waals surface area (Å²) in [6.45, 7) is 4.73. The van der Waals surface area contributed by atoms with E-state index in [2.05, 4.69) is 19.2 Å². The molecule has 1 amide bonds. The number of carbonyl (C=O) groups is 1. The van der Waals surface area contributed by atoms with Crippen LogP contribution < -0.4 is 10.2 Å². The lowest BCUT2D eigenvalue weighted by atomic mass is 9.84. The first-order chi connectivity index (χ1) is 10.8. The van der Waals surface area contributed by atoms with Gasteiger partial charge >= 0.3 is 0 Å². The van der Waals surface area contributed by atoms with Crippen molar-refractivity contribution in [3.05, 3.63) is 64.7 Å². The van der Waals surface area contributed by atoms with Gasteiger partial charge in [-0.3, -0.25) is 4.79 Å². The van der Waals surface area contributed by atoms with Crippen LogP contribution in [0.1, 0.15) is 29.8 Å².